The number of rotatable bonds is 9. The maximum Gasteiger partial charge on any atom is 0.227 e. The molecule has 0 unspecified atom stereocenters. The van der Waals surface area contributed by atoms with E-state index in [1.807, 2.05) is 48.0 Å². The van der Waals surface area contributed by atoms with Gasteiger partial charge in [0.2, 0.25) is 5.91 Å². The van der Waals surface area contributed by atoms with Gasteiger partial charge in [-0.15, -0.1) is 0 Å². The number of carbonyl (C=O) groups excluding carboxylic acids is 1. The maximum absolute atomic E-state index is 12.2. The molecule has 1 aromatic heterocycles. The molecule has 118 valence electrons. The number of hydrogen-bond donors (Lipinski definition) is 1. The minimum absolute atomic E-state index is 0.0620. The van der Waals surface area contributed by atoms with E-state index in [0.717, 1.165) is 18.5 Å². The predicted octanol–water partition coefficient (Wildman–Crippen LogP) is 2.21. The van der Waals surface area contributed by atoms with Crippen molar-refractivity contribution in [3.63, 3.8) is 0 Å². The number of imidazole rings is 1. The summed E-state index contributed by atoms with van der Waals surface area (Å²) in [6.45, 7) is 4.47. The van der Waals surface area contributed by atoms with Crippen LogP contribution in [0.5, 0.6) is 0 Å². The highest BCUT2D eigenvalue weighted by molar-refractivity contribution is 5.83. The van der Waals surface area contributed by atoms with Crippen molar-refractivity contribution in [3.8, 4) is 0 Å². The van der Waals surface area contributed by atoms with Crippen molar-refractivity contribution >= 4 is 5.91 Å². The molecule has 1 N–H and O–H groups in total. The zero-order valence-corrected chi connectivity index (χ0v) is 12.9. The van der Waals surface area contributed by atoms with E-state index in [1.54, 1.807) is 12.5 Å². The third-order valence-corrected chi connectivity index (χ3v) is 3.53. The van der Waals surface area contributed by atoms with Gasteiger partial charge in [-0.05, 0) is 12.0 Å². The number of carbonyl (C=O) groups is 1. The first-order valence-electron chi connectivity index (χ1n) is 7.67. The third-order valence-electron chi connectivity index (χ3n) is 3.53. The summed E-state index contributed by atoms with van der Waals surface area (Å²) in [5.74, 6) is -0.0286. The van der Waals surface area contributed by atoms with E-state index in [1.165, 1.54) is 0 Å². The van der Waals surface area contributed by atoms with Gasteiger partial charge >= 0.3 is 0 Å². The summed E-state index contributed by atoms with van der Waals surface area (Å²) < 4.78 is 7.47. The monoisotopic (exact) mass is 301 g/mol. The topological polar surface area (TPSA) is 56.1 Å². The molecule has 0 saturated heterocycles. The number of ether oxygens (including phenoxy) is 1. The van der Waals surface area contributed by atoms with E-state index < -0.39 is 0 Å². The summed E-state index contributed by atoms with van der Waals surface area (Å²) >= 11 is 0. The molecule has 0 aliphatic heterocycles. The van der Waals surface area contributed by atoms with Gasteiger partial charge in [-0.25, -0.2) is 4.98 Å². The molecule has 0 aliphatic rings. The van der Waals surface area contributed by atoms with Crippen molar-refractivity contribution in [3.05, 3.63) is 54.6 Å². The molecule has 0 fully saturated rings. The lowest BCUT2D eigenvalue weighted by Gasteiger charge is -2.15. The average Bonchev–Trinajstić information content (AvgIpc) is 3.06. The van der Waals surface area contributed by atoms with Crippen LogP contribution >= 0.6 is 0 Å². The van der Waals surface area contributed by atoms with Crippen molar-refractivity contribution in [1.82, 2.24) is 14.9 Å². The van der Waals surface area contributed by atoms with Gasteiger partial charge in [0, 0.05) is 25.5 Å². The highest BCUT2D eigenvalue weighted by Crippen LogP contribution is 2.18. The van der Waals surface area contributed by atoms with Crippen LogP contribution in [0.4, 0.5) is 0 Å². The van der Waals surface area contributed by atoms with Crippen LogP contribution in [0.2, 0.25) is 0 Å². The summed E-state index contributed by atoms with van der Waals surface area (Å²) in [6, 6.07) is 9.88. The Morgan fingerprint density at radius 2 is 2.14 bits per heavy atom. The van der Waals surface area contributed by atoms with Gasteiger partial charge in [-0.2, -0.15) is 0 Å². The van der Waals surface area contributed by atoms with Crippen molar-refractivity contribution in [1.29, 1.82) is 0 Å². The average molecular weight is 301 g/mol. The molecule has 0 radical (unpaired) electrons. The van der Waals surface area contributed by atoms with Crippen LogP contribution < -0.4 is 5.32 Å². The highest BCUT2D eigenvalue weighted by Gasteiger charge is 2.17. The minimum atomic E-state index is -0.0906. The van der Waals surface area contributed by atoms with Gasteiger partial charge in [-0.3, -0.25) is 4.79 Å². The quantitative estimate of drug-likeness (QED) is 0.723. The summed E-state index contributed by atoms with van der Waals surface area (Å²) in [5.41, 5.74) is 1.06. The molecule has 22 heavy (non-hydrogen) atoms. The van der Waals surface area contributed by atoms with Crippen LogP contribution in [0.25, 0.3) is 0 Å². The van der Waals surface area contributed by atoms with Crippen molar-refractivity contribution < 1.29 is 9.53 Å². The van der Waals surface area contributed by atoms with Crippen LogP contribution in [0.15, 0.2) is 49.1 Å². The van der Waals surface area contributed by atoms with Gasteiger partial charge in [0.1, 0.15) is 0 Å². The molecule has 0 saturated carbocycles. The fourth-order valence-corrected chi connectivity index (χ4v) is 2.32. The fourth-order valence-electron chi connectivity index (χ4n) is 2.32. The summed E-state index contributed by atoms with van der Waals surface area (Å²) in [5, 5.41) is 2.94. The zero-order chi connectivity index (χ0) is 15.6. The van der Waals surface area contributed by atoms with E-state index in [0.29, 0.717) is 19.8 Å². The van der Waals surface area contributed by atoms with E-state index in [2.05, 4.69) is 10.3 Å². The molecule has 1 aromatic carbocycles. The summed E-state index contributed by atoms with van der Waals surface area (Å²) in [4.78, 5) is 16.2. The Balaban J connectivity index is 1.64. The highest BCUT2D eigenvalue weighted by atomic mass is 16.5. The standard InChI is InChI=1S/C17H23N3O2/c1-2-16(15-6-4-3-5-7-15)17(21)19-9-12-22-13-11-20-10-8-18-14-20/h3-8,10,14,16H,2,9,11-13H2,1H3,(H,19,21)/t16-/m0/s1. The summed E-state index contributed by atoms with van der Waals surface area (Å²) in [6.07, 6.45) is 6.19. The van der Waals surface area contributed by atoms with Gasteiger partial charge in [0.15, 0.2) is 0 Å². The Hall–Kier alpha value is -2.14. The largest absolute Gasteiger partial charge is 0.378 e. The van der Waals surface area contributed by atoms with Crippen LogP contribution in [0.1, 0.15) is 24.8 Å². The van der Waals surface area contributed by atoms with E-state index in [9.17, 15) is 4.79 Å². The van der Waals surface area contributed by atoms with Gasteiger partial charge < -0.3 is 14.6 Å². The second-order valence-electron chi connectivity index (χ2n) is 5.08. The Labute approximate surface area is 131 Å². The number of nitrogens with zero attached hydrogens (tertiary/aromatic N) is 2. The lowest BCUT2D eigenvalue weighted by Crippen LogP contribution is -2.32. The summed E-state index contributed by atoms with van der Waals surface area (Å²) in [7, 11) is 0. The lowest BCUT2D eigenvalue weighted by atomic mass is 9.96. The van der Waals surface area contributed by atoms with Gasteiger partial charge in [0.05, 0.1) is 25.5 Å². The van der Waals surface area contributed by atoms with Crippen LogP contribution in [-0.2, 0) is 16.1 Å². The Kier molecular flexibility index (Phi) is 6.64. The fraction of sp³-hybridized carbons (Fsp3) is 0.412. The van der Waals surface area contributed by atoms with E-state index >= 15 is 0 Å². The molecule has 1 atom stereocenters. The molecule has 2 aromatic rings. The van der Waals surface area contributed by atoms with Crippen LogP contribution in [0.3, 0.4) is 0 Å². The first-order valence-corrected chi connectivity index (χ1v) is 7.67. The van der Waals surface area contributed by atoms with Gasteiger partial charge in [-0.1, -0.05) is 37.3 Å². The molecule has 0 spiro atoms. The number of benzene rings is 1. The van der Waals surface area contributed by atoms with Crippen LogP contribution in [-0.4, -0.2) is 35.2 Å². The first-order chi connectivity index (χ1) is 10.8. The Morgan fingerprint density at radius 3 is 2.82 bits per heavy atom. The number of amides is 1. The molecule has 2 rings (SSSR count). The predicted molar refractivity (Wildman–Crippen MR) is 85.5 cm³/mol. The van der Waals surface area contributed by atoms with Crippen LogP contribution in [0, 0.1) is 0 Å². The number of nitrogens with one attached hydrogen (secondary N) is 1. The third kappa shape index (κ3) is 5.00. The SMILES string of the molecule is CC[C@H](C(=O)NCCOCCn1ccnc1)c1ccccc1. The molecule has 1 heterocycles. The van der Waals surface area contributed by atoms with Crippen molar-refractivity contribution in [2.45, 2.75) is 25.8 Å². The molecular formula is C17H23N3O2. The second-order valence-corrected chi connectivity index (χ2v) is 5.08. The zero-order valence-electron chi connectivity index (χ0n) is 12.9. The Bertz CT molecular complexity index is 540. The van der Waals surface area contributed by atoms with Crippen molar-refractivity contribution in [2.24, 2.45) is 0 Å². The lowest BCUT2D eigenvalue weighted by molar-refractivity contribution is -0.122. The second kappa shape index (κ2) is 9.00. The number of aromatic nitrogens is 2. The maximum atomic E-state index is 12.2. The van der Waals surface area contributed by atoms with E-state index in [4.69, 9.17) is 4.74 Å². The molecule has 0 bridgehead atoms. The smallest absolute Gasteiger partial charge is 0.227 e. The van der Waals surface area contributed by atoms with E-state index in [-0.39, 0.29) is 11.8 Å². The molecular weight excluding hydrogens is 278 g/mol. The Morgan fingerprint density at radius 1 is 1.32 bits per heavy atom. The number of hydrogen-bond acceptors (Lipinski definition) is 3. The first kappa shape index (κ1) is 16.2. The molecule has 5 heteroatoms. The molecule has 5 nitrogen and oxygen atoms in total. The minimum Gasteiger partial charge on any atom is -0.378 e. The molecule has 0 aliphatic carbocycles. The van der Waals surface area contributed by atoms with Crippen molar-refractivity contribution in [2.75, 3.05) is 19.8 Å². The van der Waals surface area contributed by atoms with Gasteiger partial charge in [0.25, 0.3) is 0 Å². The molecule has 1 amide bonds. The normalized spacial score (nSPS) is 12.0.